The minimum absolute atomic E-state index is 0.144. The Morgan fingerprint density at radius 3 is 2.56 bits per heavy atom. The third kappa shape index (κ3) is 6.85. The van der Waals surface area contributed by atoms with E-state index in [4.69, 9.17) is 18.0 Å². The third-order valence-corrected chi connectivity index (χ3v) is 2.64. The highest BCUT2D eigenvalue weighted by Crippen LogP contribution is 1.97. The molecule has 98 valence electrons. The Kier molecular flexibility index (Phi) is 6.79. The average Bonchev–Trinajstić information content (AvgIpc) is 2.37. The van der Waals surface area contributed by atoms with Crippen LogP contribution in [0.25, 0.3) is 0 Å². The average molecular weight is 265 g/mol. The zero-order chi connectivity index (χ0) is 13.2. The normalized spacial score (nSPS) is 9.78. The number of nitrogens with two attached hydrogens (primary N) is 1. The number of carbonyl (C=O) groups is 1. The van der Waals surface area contributed by atoms with Crippen LogP contribution in [0.4, 0.5) is 4.79 Å². The van der Waals surface area contributed by atoms with E-state index >= 15 is 0 Å². The SMILES string of the molecule is NC(=S)CCCCNC(=O)NCc1ccccc1. The lowest BCUT2D eigenvalue weighted by atomic mass is 10.2. The van der Waals surface area contributed by atoms with E-state index in [0.29, 0.717) is 18.1 Å². The summed E-state index contributed by atoms with van der Waals surface area (Å²) < 4.78 is 0. The van der Waals surface area contributed by atoms with Crippen molar-refractivity contribution in [2.24, 2.45) is 5.73 Å². The van der Waals surface area contributed by atoms with Crippen LogP contribution >= 0.6 is 12.2 Å². The van der Waals surface area contributed by atoms with E-state index in [2.05, 4.69) is 10.6 Å². The molecular formula is C13H19N3OS. The van der Waals surface area contributed by atoms with Crippen molar-refractivity contribution in [3.05, 3.63) is 35.9 Å². The molecule has 0 fully saturated rings. The molecule has 0 atom stereocenters. The molecule has 5 heteroatoms. The Labute approximate surface area is 113 Å². The summed E-state index contributed by atoms with van der Waals surface area (Å²) in [6.07, 6.45) is 2.53. The molecule has 4 N–H and O–H groups in total. The summed E-state index contributed by atoms with van der Waals surface area (Å²) in [5, 5.41) is 5.59. The summed E-state index contributed by atoms with van der Waals surface area (Å²) in [4.78, 5) is 12.0. The number of nitrogens with one attached hydrogen (secondary N) is 2. The molecule has 1 aromatic carbocycles. The van der Waals surface area contributed by atoms with Crippen molar-refractivity contribution in [3.8, 4) is 0 Å². The lowest BCUT2D eigenvalue weighted by molar-refractivity contribution is 0.240. The van der Waals surface area contributed by atoms with E-state index in [0.717, 1.165) is 24.8 Å². The zero-order valence-corrected chi connectivity index (χ0v) is 11.1. The van der Waals surface area contributed by atoms with Gasteiger partial charge < -0.3 is 16.4 Å². The molecule has 0 saturated carbocycles. The van der Waals surface area contributed by atoms with Crippen LogP contribution in [0, 0.1) is 0 Å². The molecule has 0 heterocycles. The number of unbranched alkanes of at least 4 members (excludes halogenated alkanes) is 1. The number of rotatable bonds is 7. The zero-order valence-electron chi connectivity index (χ0n) is 10.3. The first-order valence-electron chi connectivity index (χ1n) is 6.02. The van der Waals surface area contributed by atoms with Gasteiger partial charge in [-0.25, -0.2) is 4.79 Å². The molecular weight excluding hydrogens is 246 g/mol. The Balaban J connectivity index is 2.06. The van der Waals surface area contributed by atoms with Crippen LogP contribution in [0.2, 0.25) is 0 Å². The predicted molar refractivity (Wildman–Crippen MR) is 77.3 cm³/mol. The van der Waals surface area contributed by atoms with Crippen LogP contribution in [-0.4, -0.2) is 17.6 Å². The van der Waals surface area contributed by atoms with E-state index in [1.807, 2.05) is 30.3 Å². The van der Waals surface area contributed by atoms with Crippen molar-refractivity contribution in [1.29, 1.82) is 0 Å². The summed E-state index contributed by atoms with van der Waals surface area (Å²) >= 11 is 4.77. The Bertz CT molecular complexity index is 381. The monoisotopic (exact) mass is 265 g/mol. The topological polar surface area (TPSA) is 67.1 Å². The van der Waals surface area contributed by atoms with Gasteiger partial charge in [0.1, 0.15) is 0 Å². The van der Waals surface area contributed by atoms with Crippen LogP contribution in [-0.2, 0) is 6.54 Å². The van der Waals surface area contributed by atoms with E-state index in [9.17, 15) is 4.79 Å². The fourth-order valence-corrected chi connectivity index (χ4v) is 1.61. The summed E-state index contributed by atoms with van der Waals surface area (Å²) in [5.41, 5.74) is 6.46. The van der Waals surface area contributed by atoms with E-state index < -0.39 is 0 Å². The van der Waals surface area contributed by atoms with Gasteiger partial charge in [-0.15, -0.1) is 0 Å². The summed E-state index contributed by atoms with van der Waals surface area (Å²) in [5.74, 6) is 0. The van der Waals surface area contributed by atoms with Crippen LogP contribution in [0.15, 0.2) is 30.3 Å². The molecule has 0 aliphatic carbocycles. The van der Waals surface area contributed by atoms with Gasteiger partial charge in [0.15, 0.2) is 0 Å². The largest absolute Gasteiger partial charge is 0.393 e. The maximum atomic E-state index is 11.4. The number of benzene rings is 1. The molecule has 2 amide bonds. The highest BCUT2D eigenvalue weighted by atomic mass is 32.1. The van der Waals surface area contributed by atoms with Crippen LogP contribution < -0.4 is 16.4 Å². The third-order valence-electron chi connectivity index (χ3n) is 2.43. The molecule has 0 saturated heterocycles. The molecule has 0 aliphatic heterocycles. The lowest BCUT2D eigenvalue weighted by Crippen LogP contribution is -2.35. The lowest BCUT2D eigenvalue weighted by Gasteiger charge is -2.07. The minimum Gasteiger partial charge on any atom is -0.393 e. The van der Waals surface area contributed by atoms with Gasteiger partial charge in [0.25, 0.3) is 0 Å². The smallest absolute Gasteiger partial charge is 0.315 e. The molecule has 4 nitrogen and oxygen atoms in total. The van der Waals surface area contributed by atoms with Crippen molar-refractivity contribution in [3.63, 3.8) is 0 Å². The van der Waals surface area contributed by atoms with Crippen LogP contribution in [0.5, 0.6) is 0 Å². The fraction of sp³-hybridized carbons (Fsp3) is 0.385. The number of thiocarbonyl (C=S) groups is 1. The second kappa shape index (κ2) is 8.47. The Hall–Kier alpha value is -1.62. The molecule has 18 heavy (non-hydrogen) atoms. The van der Waals surface area contributed by atoms with Crippen molar-refractivity contribution in [1.82, 2.24) is 10.6 Å². The van der Waals surface area contributed by atoms with E-state index in [1.165, 1.54) is 0 Å². The second-order valence-electron chi connectivity index (χ2n) is 4.02. The molecule has 0 unspecified atom stereocenters. The Morgan fingerprint density at radius 1 is 1.17 bits per heavy atom. The van der Waals surface area contributed by atoms with Gasteiger partial charge in [-0.1, -0.05) is 42.5 Å². The quantitative estimate of drug-likeness (QED) is 0.521. The number of hydrogen-bond donors (Lipinski definition) is 3. The van der Waals surface area contributed by atoms with Crippen molar-refractivity contribution in [2.45, 2.75) is 25.8 Å². The molecule has 0 spiro atoms. The first-order valence-corrected chi connectivity index (χ1v) is 6.43. The maximum absolute atomic E-state index is 11.4. The van der Waals surface area contributed by atoms with Gasteiger partial charge in [-0.05, 0) is 24.8 Å². The number of amides is 2. The van der Waals surface area contributed by atoms with Crippen molar-refractivity contribution < 1.29 is 4.79 Å². The van der Waals surface area contributed by atoms with Crippen molar-refractivity contribution >= 4 is 23.2 Å². The van der Waals surface area contributed by atoms with Gasteiger partial charge in [-0.2, -0.15) is 0 Å². The summed E-state index contributed by atoms with van der Waals surface area (Å²) in [6, 6.07) is 9.65. The van der Waals surface area contributed by atoms with Gasteiger partial charge in [0.05, 0.1) is 4.99 Å². The maximum Gasteiger partial charge on any atom is 0.315 e. The Morgan fingerprint density at radius 2 is 1.89 bits per heavy atom. The van der Waals surface area contributed by atoms with Gasteiger partial charge in [0.2, 0.25) is 0 Å². The predicted octanol–water partition coefficient (Wildman–Crippen LogP) is 1.94. The minimum atomic E-state index is -0.144. The van der Waals surface area contributed by atoms with Gasteiger partial charge in [0, 0.05) is 13.1 Å². The van der Waals surface area contributed by atoms with Crippen LogP contribution in [0.1, 0.15) is 24.8 Å². The summed E-state index contributed by atoms with van der Waals surface area (Å²) in [7, 11) is 0. The second-order valence-corrected chi connectivity index (χ2v) is 4.54. The first-order chi connectivity index (χ1) is 8.68. The first kappa shape index (κ1) is 14.4. The molecule has 1 rings (SSSR count). The van der Waals surface area contributed by atoms with Crippen molar-refractivity contribution in [2.75, 3.05) is 6.54 Å². The highest BCUT2D eigenvalue weighted by molar-refractivity contribution is 7.80. The van der Waals surface area contributed by atoms with Gasteiger partial charge >= 0.3 is 6.03 Å². The number of carbonyl (C=O) groups excluding carboxylic acids is 1. The summed E-state index contributed by atoms with van der Waals surface area (Å²) in [6.45, 7) is 1.18. The molecule has 0 aliphatic rings. The fourth-order valence-electron chi connectivity index (χ4n) is 1.47. The molecule has 0 bridgehead atoms. The molecule has 1 aromatic rings. The van der Waals surface area contributed by atoms with Crippen LogP contribution in [0.3, 0.4) is 0 Å². The van der Waals surface area contributed by atoms with Gasteiger partial charge in [-0.3, -0.25) is 0 Å². The standard InChI is InChI=1S/C13H19N3OS/c14-12(18)8-4-5-9-15-13(17)16-10-11-6-2-1-3-7-11/h1-3,6-7H,4-5,8-10H2,(H2,14,18)(H2,15,16,17). The molecule has 0 aromatic heterocycles. The molecule has 0 radical (unpaired) electrons. The number of hydrogen-bond acceptors (Lipinski definition) is 2. The number of urea groups is 1. The highest BCUT2D eigenvalue weighted by Gasteiger charge is 1.99. The van der Waals surface area contributed by atoms with E-state index in [-0.39, 0.29) is 6.03 Å². The van der Waals surface area contributed by atoms with E-state index in [1.54, 1.807) is 0 Å².